The van der Waals surface area contributed by atoms with Crippen LogP contribution in [0.25, 0.3) is 0 Å². The minimum Gasteiger partial charge on any atom is -0.350 e. The number of nitrogens with one attached hydrogen (secondary N) is 1. The highest BCUT2D eigenvalue weighted by Crippen LogP contribution is 2.23. The minimum absolute atomic E-state index is 0.0188. The van der Waals surface area contributed by atoms with Gasteiger partial charge in [-0.3, -0.25) is 19.8 Å². The van der Waals surface area contributed by atoms with Gasteiger partial charge >= 0.3 is 5.00 Å². The zero-order valence-corrected chi connectivity index (χ0v) is 15.3. The van der Waals surface area contributed by atoms with Gasteiger partial charge in [0, 0.05) is 18.7 Å². The molecule has 25 heavy (non-hydrogen) atoms. The molecule has 2 aromatic rings. The summed E-state index contributed by atoms with van der Waals surface area (Å²) < 4.78 is 0. The largest absolute Gasteiger partial charge is 0.350 e. The van der Waals surface area contributed by atoms with Crippen LogP contribution < -0.4 is 5.32 Å². The van der Waals surface area contributed by atoms with Crippen molar-refractivity contribution in [2.75, 3.05) is 19.6 Å². The lowest BCUT2D eigenvalue weighted by atomic mass is 10.0. The molecule has 1 aromatic heterocycles. The molecule has 6 nitrogen and oxygen atoms in total. The molecular weight excluding hydrogens is 338 g/mol. The Morgan fingerprint density at radius 1 is 1.20 bits per heavy atom. The third-order valence-electron chi connectivity index (χ3n) is 4.14. The van der Waals surface area contributed by atoms with Crippen LogP contribution in [0.1, 0.15) is 29.1 Å². The van der Waals surface area contributed by atoms with Gasteiger partial charge in [-0.15, -0.1) is 0 Å². The van der Waals surface area contributed by atoms with Crippen molar-refractivity contribution in [2.45, 2.75) is 26.3 Å². The fourth-order valence-electron chi connectivity index (χ4n) is 2.80. The molecule has 0 saturated carbocycles. The quantitative estimate of drug-likeness (QED) is 0.549. The third kappa shape index (κ3) is 5.37. The number of likely N-dealkylation sites (N-methyl/N-ethyl adjacent to an activating group) is 1. The van der Waals surface area contributed by atoms with E-state index in [-0.39, 0.29) is 17.0 Å². The second-order valence-corrected chi connectivity index (χ2v) is 6.73. The molecule has 0 aliphatic carbocycles. The Labute approximate surface area is 151 Å². The van der Waals surface area contributed by atoms with Crippen LogP contribution in [0.5, 0.6) is 0 Å². The van der Waals surface area contributed by atoms with Crippen molar-refractivity contribution < 1.29 is 9.72 Å². The molecule has 134 valence electrons. The number of rotatable bonds is 9. The van der Waals surface area contributed by atoms with E-state index in [4.69, 9.17) is 0 Å². The number of amides is 1. The van der Waals surface area contributed by atoms with Crippen LogP contribution in [0.15, 0.2) is 42.5 Å². The highest BCUT2D eigenvalue weighted by Gasteiger charge is 2.19. The summed E-state index contributed by atoms with van der Waals surface area (Å²) >= 11 is 0.900. The van der Waals surface area contributed by atoms with E-state index in [1.54, 1.807) is 0 Å². The van der Waals surface area contributed by atoms with E-state index in [0.29, 0.717) is 11.4 Å². The normalized spacial score (nSPS) is 12.1. The SMILES string of the molecule is CCN(CC)C(CNC(=O)c1ccc([N+](=O)[O-])s1)Cc1ccccc1. The van der Waals surface area contributed by atoms with Crippen LogP contribution in [0.4, 0.5) is 5.00 Å². The van der Waals surface area contributed by atoms with Gasteiger partial charge in [-0.1, -0.05) is 55.5 Å². The third-order valence-corrected chi connectivity index (χ3v) is 5.17. The maximum Gasteiger partial charge on any atom is 0.324 e. The summed E-state index contributed by atoms with van der Waals surface area (Å²) in [6.45, 7) is 6.50. The lowest BCUT2D eigenvalue weighted by Crippen LogP contribution is -2.45. The predicted molar refractivity (Wildman–Crippen MR) is 100 cm³/mol. The first-order valence-corrected chi connectivity index (χ1v) is 9.17. The van der Waals surface area contributed by atoms with Crippen LogP contribution in [-0.4, -0.2) is 41.4 Å². The minimum atomic E-state index is -0.477. The second kappa shape index (κ2) is 9.29. The molecular formula is C18H23N3O3S. The first kappa shape index (κ1) is 19.1. The van der Waals surface area contributed by atoms with Gasteiger partial charge in [0.1, 0.15) is 0 Å². The highest BCUT2D eigenvalue weighted by atomic mass is 32.1. The van der Waals surface area contributed by atoms with Crippen molar-refractivity contribution in [3.63, 3.8) is 0 Å². The van der Waals surface area contributed by atoms with E-state index in [1.807, 2.05) is 18.2 Å². The van der Waals surface area contributed by atoms with Crippen molar-refractivity contribution in [1.82, 2.24) is 10.2 Å². The molecule has 0 spiro atoms. The molecule has 1 atom stereocenters. The number of benzene rings is 1. The molecule has 0 aliphatic rings. The maximum absolute atomic E-state index is 12.3. The molecule has 0 radical (unpaired) electrons. The average Bonchev–Trinajstić information content (AvgIpc) is 3.11. The van der Waals surface area contributed by atoms with E-state index in [9.17, 15) is 14.9 Å². The molecule has 7 heteroatoms. The van der Waals surface area contributed by atoms with Crippen molar-refractivity contribution in [1.29, 1.82) is 0 Å². The molecule has 2 rings (SSSR count). The Hall–Kier alpha value is -2.25. The van der Waals surface area contributed by atoms with Crippen molar-refractivity contribution >= 4 is 22.2 Å². The van der Waals surface area contributed by atoms with E-state index < -0.39 is 4.92 Å². The smallest absolute Gasteiger partial charge is 0.324 e. The summed E-state index contributed by atoms with van der Waals surface area (Å²) in [7, 11) is 0. The Morgan fingerprint density at radius 3 is 2.44 bits per heavy atom. The molecule has 0 bridgehead atoms. The maximum atomic E-state index is 12.3. The predicted octanol–water partition coefficient (Wildman–Crippen LogP) is 3.34. The van der Waals surface area contributed by atoms with Crippen LogP contribution in [0.2, 0.25) is 0 Å². The Bertz CT molecular complexity index is 699. The van der Waals surface area contributed by atoms with Crippen LogP contribution in [0.3, 0.4) is 0 Å². The summed E-state index contributed by atoms with van der Waals surface area (Å²) in [4.78, 5) is 25.2. The van der Waals surface area contributed by atoms with Gasteiger partial charge in [-0.05, 0) is 31.1 Å². The second-order valence-electron chi connectivity index (χ2n) is 5.67. The van der Waals surface area contributed by atoms with Crippen molar-refractivity contribution in [3.8, 4) is 0 Å². The van der Waals surface area contributed by atoms with Crippen molar-refractivity contribution in [3.05, 3.63) is 63.0 Å². The summed E-state index contributed by atoms with van der Waals surface area (Å²) in [6.07, 6.45) is 0.841. The van der Waals surface area contributed by atoms with Gasteiger partial charge in [0.2, 0.25) is 0 Å². The number of thiophene rings is 1. The van der Waals surface area contributed by atoms with Crippen LogP contribution in [-0.2, 0) is 6.42 Å². The molecule has 1 amide bonds. The summed E-state index contributed by atoms with van der Waals surface area (Å²) in [5.41, 5.74) is 1.22. The Morgan fingerprint density at radius 2 is 1.88 bits per heavy atom. The average molecular weight is 361 g/mol. The van der Waals surface area contributed by atoms with Crippen molar-refractivity contribution in [2.24, 2.45) is 0 Å². The molecule has 0 aliphatic heterocycles. The summed E-state index contributed by atoms with van der Waals surface area (Å²) in [5.74, 6) is -0.261. The van der Waals surface area contributed by atoms with Gasteiger partial charge in [-0.25, -0.2) is 0 Å². The standard InChI is InChI=1S/C18H23N3O3S/c1-3-20(4-2)15(12-14-8-6-5-7-9-14)13-19-18(22)16-10-11-17(25-16)21(23)24/h5-11,15H,3-4,12-13H2,1-2H3,(H,19,22). The van der Waals surface area contributed by atoms with E-state index >= 15 is 0 Å². The Kier molecular flexibility index (Phi) is 7.09. The summed E-state index contributed by atoms with van der Waals surface area (Å²) in [6, 6.07) is 13.2. The Balaban J connectivity index is 2.02. The number of carbonyl (C=O) groups excluding carboxylic acids is 1. The van der Waals surface area contributed by atoms with Crippen LogP contribution in [0, 0.1) is 10.1 Å². The van der Waals surface area contributed by atoms with Gasteiger partial charge < -0.3 is 5.32 Å². The number of carbonyl (C=O) groups is 1. The van der Waals surface area contributed by atoms with Gasteiger partial charge in [0.15, 0.2) is 0 Å². The van der Waals surface area contributed by atoms with E-state index in [1.165, 1.54) is 17.7 Å². The lowest BCUT2D eigenvalue weighted by Gasteiger charge is -2.30. The first-order chi connectivity index (χ1) is 12.0. The molecule has 1 N–H and O–H groups in total. The highest BCUT2D eigenvalue weighted by molar-refractivity contribution is 7.17. The number of hydrogen-bond donors (Lipinski definition) is 1. The molecule has 1 unspecified atom stereocenters. The number of hydrogen-bond acceptors (Lipinski definition) is 5. The molecule has 1 heterocycles. The fourth-order valence-corrected chi connectivity index (χ4v) is 3.54. The zero-order valence-electron chi connectivity index (χ0n) is 14.5. The van der Waals surface area contributed by atoms with E-state index in [0.717, 1.165) is 30.8 Å². The fraction of sp³-hybridized carbons (Fsp3) is 0.389. The molecule has 1 aromatic carbocycles. The zero-order chi connectivity index (χ0) is 18.2. The lowest BCUT2D eigenvalue weighted by molar-refractivity contribution is -0.380. The molecule has 0 fully saturated rings. The van der Waals surface area contributed by atoms with E-state index in [2.05, 4.69) is 36.2 Å². The van der Waals surface area contributed by atoms with Gasteiger partial charge in [0.05, 0.1) is 9.80 Å². The molecule has 0 saturated heterocycles. The van der Waals surface area contributed by atoms with Gasteiger partial charge in [0.25, 0.3) is 5.91 Å². The topological polar surface area (TPSA) is 75.5 Å². The van der Waals surface area contributed by atoms with Crippen LogP contribution >= 0.6 is 11.3 Å². The summed E-state index contributed by atoms with van der Waals surface area (Å²) in [5, 5.41) is 13.7. The first-order valence-electron chi connectivity index (χ1n) is 8.35. The number of nitro groups is 1. The monoisotopic (exact) mass is 361 g/mol. The van der Waals surface area contributed by atoms with Gasteiger partial charge in [-0.2, -0.15) is 0 Å². The number of nitrogens with zero attached hydrogens (tertiary/aromatic N) is 2.